The van der Waals surface area contributed by atoms with Crippen LogP contribution in [0.3, 0.4) is 0 Å². The molecule has 0 radical (unpaired) electrons. The van der Waals surface area contributed by atoms with Crippen LogP contribution in [0.15, 0.2) is 54.6 Å². The summed E-state index contributed by atoms with van der Waals surface area (Å²) in [7, 11) is 0. The topological polar surface area (TPSA) is 57.5 Å². The highest BCUT2D eigenvalue weighted by Crippen LogP contribution is 2.27. The Morgan fingerprint density at radius 2 is 1.54 bits per heavy atom. The van der Waals surface area contributed by atoms with E-state index < -0.39 is 6.16 Å². The van der Waals surface area contributed by atoms with E-state index in [9.17, 15) is 0 Å². The molecule has 0 aromatic heterocycles. The van der Waals surface area contributed by atoms with Crippen molar-refractivity contribution >= 4 is 6.16 Å². The maximum atomic E-state index is 8.56. The number of benzene rings is 2. The van der Waals surface area contributed by atoms with E-state index in [1.54, 1.807) is 0 Å². The summed E-state index contributed by atoms with van der Waals surface area (Å²) in [6, 6.07) is 19.7. The largest absolute Gasteiger partial charge is 0.503 e. The first-order chi connectivity index (χ1) is 11.6. The Hall–Kier alpha value is -2.29. The lowest BCUT2D eigenvalue weighted by Crippen LogP contribution is -2.04. The van der Waals surface area contributed by atoms with Crippen LogP contribution in [0.1, 0.15) is 45.1 Å². The molecule has 1 unspecified atom stereocenters. The van der Waals surface area contributed by atoms with E-state index >= 15 is 0 Å². The van der Waals surface area contributed by atoms with Crippen LogP contribution in [0.25, 0.3) is 11.1 Å². The SMILES string of the molecule is CCCCC(CC)Cc1ccccc1-c1ccccc1.O=C(O)O. The molecule has 2 rings (SSSR count). The van der Waals surface area contributed by atoms with Gasteiger partial charge in [-0.05, 0) is 29.0 Å². The lowest BCUT2D eigenvalue weighted by Gasteiger charge is -2.17. The minimum Gasteiger partial charge on any atom is -0.450 e. The first-order valence-electron chi connectivity index (χ1n) is 8.63. The molecule has 0 heterocycles. The molecule has 3 nitrogen and oxygen atoms in total. The van der Waals surface area contributed by atoms with Gasteiger partial charge in [-0.2, -0.15) is 0 Å². The minimum absolute atomic E-state index is 0.819. The number of hydrogen-bond donors (Lipinski definition) is 2. The summed E-state index contributed by atoms with van der Waals surface area (Å²) in [5.74, 6) is 0.819. The number of carbonyl (C=O) groups is 1. The van der Waals surface area contributed by atoms with Crippen molar-refractivity contribution in [3.8, 4) is 11.1 Å². The summed E-state index contributed by atoms with van der Waals surface area (Å²) in [4.78, 5) is 8.56. The van der Waals surface area contributed by atoms with Crippen LogP contribution < -0.4 is 0 Å². The fraction of sp³-hybridized carbons (Fsp3) is 0.381. The molecule has 0 aliphatic carbocycles. The molecule has 0 bridgehead atoms. The van der Waals surface area contributed by atoms with Crippen molar-refractivity contribution in [2.75, 3.05) is 0 Å². The van der Waals surface area contributed by atoms with Gasteiger partial charge in [0.2, 0.25) is 0 Å². The van der Waals surface area contributed by atoms with Gasteiger partial charge in [0, 0.05) is 0 Å². The zero-order valence-corrected chi connectivity index (χ0v) is 14.6. The van der Waals surface area contributed by atoms with Crippen molar-refractivity contribution in [3.05, 3.63) is 60.2 Å². The molecule has 0 saturated carbocycles. The standard InChI is InChI=1S/C20H26.CH2O3/c1-3-5-11-17(4-2)16-19-14-9-10-15-20(19)18-12-7-6-8-13-18;2-1(3)4/h6-10,12-15,17H,3-5,11,16H2,1-2H3;(H2,2,3,4). The maximum absolute atomic E-state index is 8.56. The van der Waals surface area contributed by atoms with Gasteiger partial charge in [-0.25, -0.2) is 4.79 Å². The fourth-order valence-electron chi connectivity index (χ4n) is 2.85. The number of unbranched alkanes of at least 4 members (excludes halogenated alkanes) is 1. The monoisotopic (exact) mass is 328 g/mol. The van der Waals surface area contributed by atoms with Crippen molar-refractivity contribution in [2.45, 2.75) is 46.0 Å². The zero-order chi connectivity index (χ0) is 17.8. The Morgan fingerprint density at radius 3 is 2.12 bits per heavy atom. The van der Waals surface area contributed by atoms with E-state index in [1.165, 1.54) is 48.8 Å². The summed E-state index contributed by atoms with van der Waals surface area (Å²) in [5.41, 5.74) is 4.25. The molecule has 3 heteroatoms. The molecule has 0 aliphatic rings. The van der Waals surface area contributed by atoms with E-state index in [4.69, 9.17) is 15.0 Å². The highest BCUT2D eigenvalue weighted by molar-refractivity contribution is 5.67. The van der Waals surface area contributed by atoms with Crippen molar-refractivity contribution in [3.63, 3.8) is 0 Å². The van der Waals surface area contributed by atoms with E-state index in [2.05, 4.69) is 68.4 Å². The van der Waals surface area contributed by atoms with Gasteiger partial charge in [0.1, 0.15) is 0 Å². The smallest absolute Gasteiger partial charge is 0.450 e. The van der Waals surface area contributed by atoms with Gasteiger partial charge in [-0.1, -0.05) is 94.1 Å². The second-order valence-corrected chi connectivity index (χ2v) is 5.93. The first-order valence-corrected chi connectivity index (χ1v) is 8.63. The number of rotatable bonds is 7. The predicted molar refractivity (Wildman–Crippen MR) is 99.5 cm³/mol. The van der Waals surface area contributed by atoms with E-state index in [-0.39, 0.29) is 0 Å². The highest BCUT2D eigenvalue weighted by Gasteiger charge is 2.10. The summed E-state index contributed by atoms with van der Waals surface area (Å²) in [5, 5.41) is 13.9. The quantitative estimate of drug-likeness (QED) is 0.624. The van der Waals surface area contributed by atoms with E-state index in [0.717, 1.165) is 5.92 Å². The van der Waals surface area contributed by atoms with Crippen molar-refractivity contribution < 1.29 is 15.0 Å². The lowest BCUT2D eigenvalue weighted by molar-refractivity contribution is 0.137. The third-order valence-corrected chi connectivity index (χ3v) is 4.15. The molecule has 24 heavy (non-hydrogen) atoms. The van der Waals surface area contributed by atoms with Gasteiger partial charge in [-0.15, -0.1) is 0 Å². The lowest BCUT2D eigenvalue weighted by atomic mass is 9.88. The molecular weight excluding hydrogens is 300 g/mol. The van der Waals surface area contributed by atoms with Crippen LogP contribution in [0, 0.1) is 5.92 Å². The maximum Gasteiger partial charge on any atom is 0.503 e. The molecule has 0 fully saturated rings. The summed E-state index contributed by atoms with van der Waals surface area (Å²) < 4.78 is 0. The highest BCUT2D eigenvalue weighted by atomic mass is 16.6. The summed E-state index contributed by atoms with van der Waals surface area (Å²) in [6.45, 7) is 4.61. The Morgan fingerprint density at radius 1 is 0.958 bits per heavy atom. The molecule has 0 aliphatic heterocycles. The summed E-state index contributed by atoms with van der Waals surface area (Å²) in [6.07, 6.45) is 4.67. The molecule has 0 saturated heterocycles. The van der Waals surface area contributed by atoms with Crippen molar-refractivity contribution in [2.24, 2.45) is 5.92 Å². The summed E-state index contributed by atoms with van der Waals surface area (Å²) >= 11 is 0. The van der Waals surface area contributed by atoms with Crippen molar-refractivity contribution in [1.29, 1.82) is 0 Å². The van der Waals surface area contributed by atoms with E-state index in [1.807, 2.05) is 0 Å². The van der Waals surface area contributed by atoms with Gasteiger partial charge < -0.3 is 10.2 Å². The molecule has 2 aromatic carbocycles. The number of carboxylic acid groups (broad SMARTS) is 2. The average Bonchev–Trinajstić information content (AvgIpc) is 2.59. The molecule has 2 N–H and O–H groups in total. The van der Waals surface area contributed by atoms with Gasteiger partial charge in [-0.3, -0.25) is 0 Å². The molecular formula is C21H28O3. The average molecular weight is 328 g/mol. The van der Waals surface area contributed by atoms with Crippen molar-refractivity contribution in [1.82, 2.24) is 0 Å². The first kappa shape index (κ1) is 19.8. The Bertz CT molecular complexity index is 589. The van der Waals surface area contributed by atoms with Crippen LogP contribution >= 0.6 is 0 Å². The molecule has 0 spiro atoms. The van der Waals surface area contributed by atoms with Gasteiger partial charge in [0.05, 0.1) is 0 Å². The van der Waals surface area contributed by atoms with Gasteiger partial charge in [0.15, 0.2) is 0 Å². The molecule has 130 valence electrons. The van der Waals surface area contributed by atoms with Gasteiger partial charge >= 0.3 is 6.16 Å². The van der Waals surface area contributed by atoms with Gasteiger partial charge in [0.25, 0.3) is 0 Å². The second-order valence-electron chi connectivity index (χ2n) is 5.93. The minimum atomic E-state index is -1.83. The Kier molecular flexibility index (Phi) is 9.28. The molecule has 2 aromatic rings. The zero-order valence-electron chi connectivity index (χ0n) is 14.6. The predicted octanol–water partition coefficient (Wildman–Crippen LogP) is 6.33. The fourth-order valence-corrected chi connectivity index (χ4v) is 2.85. The Balaban J connectivity index is 0.000000648. The van der Waals surface area contributed by atoms with Crippen LogP contribution in [0.2, 0.25) is 0 Å². The normalized spacial score (nSPS) is 11.2. The Labute approximate surface area is 145 Å². The number of hydrogen-bond acceptors (Lipinski definition) is 1. The van der Waals surface area contributed by atoms with Crippen LogP contribution in [0.4, 0.5) is 4.79 Å². The molecule has 1 atom stereocenters. The van der Waals surface area contributed by atoms with E-state index in [0.29, 0.717) is 0 Å². The third-order valence-electron chi connectivity index (χ3n) is 4.15. The van der Waals surface area contributed by atoms with Crippen LogP contribution in [-0.2, 0) is 6.42 Å². The molecule has 0 amide bonds. The van der Waals surface area contributed by atoms with Crippen LogP contribution in [0.5, 0.6) is 0 Å². The van der Waals surface area contributed by atoms with Crippen LogP contribution in [-0.4, -0.2) is 16.4 Å². The second kappa shape index (κ2) is 11.3. The third kappa shape index (κ3) is 7.32.